The molecule has 5 nitrogen and oxygen atoms in total. The summed E-state index contributed by atoms with van der Waals surface area (Å²) in [4.78, 5) is 16.9. The number of rotatable bonds is 4. The SMILES string of the molecule is O=C(NC1C2CC3CC1CC(O)(C3)C2)c1ccc(Oc2ccc(Cl)cn2)cc1. The van der Waals surface area contributed by atoms with E-state index >= 15 is 0 Å². The van der Waals surface area contributed by atoms with Gasteiger partial charge in [0.25, 0.3) is 5.91 Å². The molecule has 4 fully saturated rings. The molecular formula is C22H23ClN2O3. The summed E-state index contributed by atoms with van der Waals surface area (Å²) in [6, 6.07) is 10.7. The summed E-state index contributed by atoms with van der Waals surface area (Å²) in [6.45, 7) is 0. The molecule has 2 unspecified atom stereocenters. The minimum absolute atomic E-state index is 0.0550. The number of carbonyl (C=O) groups excluding carboxylic acids is 1. The summed E-state index contributed by atoms with van der Waals surface area (Å²) in [6.07, 6.45) is 6.39. The smallest absolute Gasteiger partial charge is 0.251 e. The van der Waals surface area contributed by atoms with E-state index in [0.717, 1.165) is 32.1 Å². The number of aliphatic hydroxyl groups is 1. The number of ether oxygens (including phenoxy) is 1. The van der Waals surface area contributed by atoms with Crippen LogP contribution in [0.1, 0.15) is 42.5 Å². The first-order valence-corrected chi connectivity index (χ1v) is 10.3. The lowest BCUT2D eigenvalue weighted by Crippen LogP contribution is -2.61. The van der Waals surface area contributed by atoms with Gasteiger partial charge in [0.1, 0.15) is 5.75 Å². The molecule has 2 atom stereocenters. The van der Waals surface area contributed by atoms with Crippen LogP contribution in [0.15, 0.2) is 42.6 Å². The number of pyridine rings is 1. The van der Waals surface area contributed by atoms with E-state index in [-0.39, 0.29) is 11.9 Å². The number of halogens is 1. The van der Waals surface area contributed by atoms with Gasteiger partial charge in [0.15, 0.2) is 0 Å². The van der Waals surface area contributed by atoms with Gasteiger partial charge in [0, 0.05) is 23.9 Å². The van der Waals surface area contributed by atoms with Crippen LogP contribution in [0, 0.1) is 17.8 Å². The van der Waals surface area contributed by atoms with E-state index in [9.17, 15) is 9.90 Å². The van der Waals surface area contributed by atoms with E-state index in [2.05, 4.69) is 10.3 Å². The molecule has 1 aromatic carbocycles. The van der Waals surface area contributed by atoms with Gasteiger partial charge in [-0.2, -0.15) is 0 Å². The zero-order chi connectivity index (χ0) is 19.3. The second-order valence-corrected chi connectivity index (χ2v) is 9.07. The number of nitrogens with one attached hydrogen (secondary N) is 1. The molecule has 0 spiro atoms. The number of benzene rings is 1. The molecule has 4 aliphatic rings. The third kappa shape index (κ3) is 3.38. The Kier molecular flexibility index (Phi) is 4.33. The summed E-state index contributed by atoms with van der Waals surface area (Å²) < 4.78 is 5.68. The van der Waals surface area contributed by atoms with Crippen molar-refractivity contribution >= 4 is 17.5 Å². The molecule has 6 heteroatoms. The van der Waals surface area contributed by atoms with Gasteiger partial charge in [-0.1, -0.05) is 11.6 Å². The van der Waals surface area contributed by atoms with Crippen LogP contribution in [0.4, 0.5) is 0 Å². The lowest BCUT2D eigenvalue weighted by Gasteiger charge is -2.58. The zero-order valence-corrected chi connectivity index (χ0v) is 16.2. The van der Waals surface area contributed by atoms with E-state index in [1.807, 2.05) is 0 Å². The third-order valence-corrected chi connectivity index (χ3v) is 6.80. The van der Waals surface area contributed by atoms with Crippen molar-refractivity contribution in [2.45, 2.75) is 43.7 Å². The molecule has 1 aromatic heterocycles. The van der Waals surface area contributed by atoms with Gasteiger partial charge in [-0.3, -0.25) is 4.79 Å². The van der Waals surface area contributed by atoms with Crippen LogP contribution < -0.4 is 10.1 Å². The van der Waals surface area contributed by atoms with Crippen molar-refractivity contribution in [1.82, 2.24) is 10.3 Å². The van der Waals surface area contributed by atoms with Crippen LogP contribution in [0.5, 0.6) is 11.6 Å². The quantitative estimate of drug-likeness (QED) is 0.809. The van der Waals surface area contributed by atoms with Gasteiger partial charge in [-0.05, 0) is 80.2 Å². The van der Waals surface area contributed by atoms with Crippen molar-refractivity contribution in [3.8, 4) is 11.6 Å². The molecule has 6 rings (SSSR count). The van der Waals surface area contributed by atoms with Crippen molar-refractivity contribution in [2.24, 2.45) is 17.8 Å². The fourth-order valence-corrected chi connectivity index (χ4v) is 5.78. The summed E-state index contributed by atoms with van der Waals surface area (Å²) in [5.41, 5.74) is 0.135. The minimum Gasteiger partial charge on any atom is -0.439 e. The number of amides is 1. The molecule has 28 heavy (non-hydrogen) atoms. The van der Waals surface area contributed by atoms with Crippen molar-refractivity contribution in [1.29, 1.82) is 0 Å². The van der Waals surface area contributed by atoms with Crippen LogP contribution in [0.2, 0.25) is 5.02 Å². The highest BCUT2D eigenvalue weighted by molar-refractivity contribution is 6.30. The van der Waals surface area contributed by atoms with Crippen LogP contribution in [0.3, 0.4) is 0 Å². The summed E-state index contributed by atoms with van der Waals surface area (Å²) >= 11 is 5.83. The molecule has 146 valence electrons. The number of hydrogen-bond acceptors (Lipinski definition) is 4. The highest BCUT2D eigenvalue weighted by Gasteiger charge is 2.55. The van der Waals surface area contributed by atoms with E-state index in [0.29, 0.717) is 40.0 Å². The number of carbonyl (C=O) groups is 1. The fourth-order valence-electron chi connectivity index (χ4n) is 5.67. The average Bonchev–Trinajstić information content (AvgIpc) is 2.66. The van der Waals surface area contributed by atoms with Gasteiger partial charge in [-0.15, -0.1) is 0 Å². The van der Waals surface area contributed by atoms with E-state index in [4.69, 9.17) is 16.3 Å². The Bertz CT molecular complexity index is 868. The van der Waals surface area contributed by atoms with Crippen LogP contribution in [-0.2, 0) is 0 Å². The summed E-state index contributed by atoms with van der Waals surface area (Å²) in [5.74, 6) is 2.45. The predicted molar refractivity (Wildman–Crippen MR) is 106 cm³/mol. The Morgan fingerprint density at radius 2 is 1.82 bits per heavy atom. The number of hydrogen-bond donors (Lipinski definition) is 2. The standard InChI is InChI=1S/C22H23ClN2O3/c23-17-3-6-19(24-12-17)28-18-4-1-14(2-5-18)21(26)25-20-15-7-13-8-16(20)11-22(27,9-13)10-15/h1-6,12-13,15-16,20,27H,7-11H2,(H,25,26). The molecule has 2 N–H and O–H groups in total. The van der Waals surface area contributed by atoms with Crippen molar-refractivity contribution in [3.63, 3.8) is 0 Å². The second-order valence-electron chi connectivity index (χ2n) is 8.63. The molecule has 0 radical (unpaired) electrons. The van der Waals surface area contributed by atoms with Gasteiger partial charge in [0.05, 0.1) is 10.6 Å². The van der Waals surface area contributed by atoms with Crippen LogP contribution >= 0.6 is 11.6 Å². The monoisotopic (exact) mass is 398 g/mol. The topological polar surface area (TPSA) is 71.5 Å². The van der Waals surface area contributed by atoms with Crippen LogP contribution in [-0.4, -0.2) is 27.6 Å². The van der Waals surface area contributed by atoms with E-state index in [1.54, 1.807) is 36.4 Å². The maximum atomic E-state index is 12.8. The fraction of sp³-hybridized carbons (Fsp3) is 0.455. The third-order valence-electron chi connectivity index (χ3n) is 6.58. The predicted octanol–water partition coefficient (Wildman–Crippen LogP) is 4.20. The lowest BCUT2D eigenvalue weighted by atomic mass is 9.52. The normalized spacial score (nSPS) is 32.9. The molecule has 1 heterocycles. The highest BCUT2D eigenvalue weighted by atomic mass is 35.5. The Balaban J connectivity index is 1.24. The molecule has 1 amide bonds. The van der Waals surface area contributed by atoms with E-state index < -0.39 is 5.60 Å². The van der Waals surface area contributed by atoms with Gasteiger partial charge in [-0.25, -0.2) is 4.98 Å². The lowest BCUT2D eigenvalue weighted by molar-refractivity contribution is -0.136. The number of aromatic nitrogens is 1. The van der Waals surface area contributed by atoms with Crippen LogP contribution in [0.25, 0.3) is 0 Å². The molecule has 4 aliphatic carbocycles. The number of nitrogens with zero attached hydrogens (tertiary/aromatic N) is 1. The second kappa shape index (κ2) is 6.75. The summed E-state index contributed by atoms with van der Waals surface area (Å²) in [5, 5.41) is 14.5. The maximum Gasteiger partial charge on any atom is 0.251 e. The van der Waals surface area contributed by atoms with Crippen molar-refractivity contribution < 1.29 is 14.6 Å². The van der Waals surface area contributed by atoms with Gasteiger partial charge < -0.3 is 15.2 Å². The molecule has 0 aliphatic heterocycles. The van der Waals surface area contributed by atoms with Gasteiger partial charge in [0.2, 0.25) is 5.88 Å². The van der Waals surface area contributed by atoms with E-state index in [1.165, 1.54) is 6.20 Å². The van der Waals surface area contributed by atoms with Gasteiger partial charge >= 0.3 is 0 Å². The first kappa shape index (κ1) is 18.0. The Morgan fingerprint density at radius 1 is 1.11 bits per heavy atom. The molecular weight excluding hydrogens is 376 g/mol. The maximum absolute atomic E-state index is 12.8. The first-order chi connectivity index (χ1) is 13.5. The Labute approximate surface area is 169 Å². The Hall–Kier alpha value is -2.11. The summed E-state index contributed by atoms with van der Waals surface area (Å²) in [7, 11) is 0. The molecule has 2 aromatic rings. The van der Waals surface area contributed by atoms with Crippen molar-refractivity contribution in [2.75, 3.05) is 0 Å². The largest absolute Gasteiger partial charge is 0.439 e. The minimum atomic E-state index is -0.480. The first-order valence-electron chi connectivity index (χ1n) is 9.90. The molecule has 0 saturated heterocycles. The molecule has 4 bridgehead atoms. The average molecular weight is 399 g/mol. The zero-order valence-electron chi connectivity index (χ0n) is 15.5. The Morgan fingerprint density at radius 3 is 2.43 bits per heavy atom. The molecule has 4 saturated carbocycles. The highest BCUT2D eigenvalue weighted by Crippen LogP contribution is 2.55. The van der Waals surface area contributed by atoms with Crippen molar-refractivity contribution in [3.05, 3.63) is 53.2 Å².